The number of esters is 1. The van der Waals surface area contributed by atoms with Crippen LogP contribution in [0.4, 0.5) is 5.69 Å². The summed E-state index contributed by atoms with van der Waals surface area (Å²) in [7, 11) is 0. The topological polar surface area (TPSA) is 87.7 Å². The van der Waals surface area contributed by atoms with E-state index in [1.807, 2.05) is 0 Å². The number of aliphatic hydroxyl groups excluding tert-OH is 1. The highest BCUT2D eigenvalue weighted by molar-refractivity contribution is 5.96. The maximum Gasteiger partial charge on any atom is 0.340 e. The minimum atomic E-state index is -0.551. The Morgan fingerprint density at radius 3 is 2.65 bits per heavy atom. The number of nitrogens with one attached hydrogen (secondary N) is 2. The zero-order valence-electron chi connectivity index (χ0n) is 13.2. The first kappa shape index (κ1) is 17.3. The second-order valence-corrected chi connectivity index (χ2v) is 5.67. The number of hydrogen-bond acceptors (Lipinski definition) is 5. The van der Waals surface area contributed by atoms with Crippen molar-refractivity contribution in [2.75, 3.05) is 25.1 Å². The molecule has 1 saturated carbocycles. The molecule has 2 rings (SSSR count). The van der Waals surface area contributed by atoms with Gasteiger partial charge in [0.2, 0.25) is 0 Å². The van der Waals surface area contributed by atoms with E-state index in [2.05, 4.69) is 10.6 Å². The van der Waals surface area contributed by atoms with Crippen molar-refractivity contribution in [1.82, 2.24) is 5.32 Å². The van der Waals surface area contributed by atoms with Gasteiger partial charge in [-0.2, -0.15) is 0 Å². The molecular weight excluding hydrogens is 296 g/mol. The quantitative estimate of drug-likeness (QED) is 0.666. The van der Waals surface area contributed by atoms with Gasteiger partial charge in [-0.25, -0.2) is 4.79 Å². The molecule has 0 atom stereocenters. The van der Waals surface area contributed by atoms with Crippen LogP contribution in [0.2, 0.25) is 0 Å². The second-order valence-electron chi connectivity index (χ2n) is 5.67. The molecule has 6 heteroatoms. The molecule has 23 heavy (non-hydrogen) atoms. The number of rotatable bonds is 7. The van der Waals surface area contributed by atoms with Crippen LogP contribution in [-0.4, -0.2) is 42.8 Å². The second kappa shape index (κ2) is 9.15. The van der Waals surface area contributed by atoms with Crippen molar-refractivity contribution in [3.63, 3.8) is 0 Å². The van der Waals surface area contributed by atoms with Gasteiger partial charge in [-0.3, -0.25) is 4.79 Å². The molecule has 6 nitrogen and oxygen atoms in total. The fourth-order valence-electron chi connectivity index (χ4n) is 2.73. The fourth-order valence-corrected chi connectivity index (χ4v) is 2.73. The SMILES string of the molecule is O=C(COC(=O)c1ccccc1NCCO)NC1CCCCC1. The van der Waals surface area contributed by atoms with Crippen LogP contribution in [0, 0.1) is 0 Å². The number of benzene rings is 1. The third-order valence-electron chi connectivity index (χ3n) is 3.88. The fraction of sp³-hybridized carbons (Fsp3) is 0.529. The zero-order chi connectivity index (χ0) is 16.5. The summed E-state index contributed by atoms with van der Waals surface area (Å²) in [6, 6.07) is 7.07. The van der Waals surface area contributed by atoms with Crippen LogP contribution in [0.3, 0.4) is 0 Å². The smallest absolute Gasteiger partial charge is 0.340 e. The Morgan fingerprint density at radius 2 is 1.91 bits per heavy atom. The molecule has 0 radical (unpaired) electrons. The number of ether oxygens (including phenoxy) is 1. The number of anilines is 1. The summed E-state index contributed by atoms with van der Waals surface area (Å²) in [5.41, 5.74) is 0.936. The van der Waals surface area contributed by atoms with Crippen molar-refractivity contribution in [2.24, 2.45) is 0 Å². The molecule has 1 fully saturated rings. The molecule has 3 N–H and O–H groups in total. The number of carbonyl (C=O) groups is 2. The number of carbonyl (C=O) groups excluding carboxylic acids is 2. The average Bonchev–Trinajstić information content (AvgIpc) is 2.59. The first-order valence-corrected chi connectivity index (χ1v) is 8.11. The van der Waals surface area contributed by atoms with E-state index in [0.717, 1.165) is 25.7 Å². The summed E-state index contributed by atoms with van der Waals surface area (Å²) in [5, 5.41) is 14.7. The molecule has 0 heterocycles. The Balaban J connectivity index is 1.83. The molecule has 0 aliphatic heterocycles. The van der Waals surface area contributed by atoms with Crippen LogP contribution in [0.1, 0.15) is 42.5 Å². The normalized spacial score (nSPS) is 15.0. The lowest BCUT2D eigenvalue weighted by molar-refractivity contribution is -0.125. The summed E-state index contributed by atoms with van der Waals surface area (Å²) in [6.45, 7) is 0.0311. The van der Waals surface area contributed by atoms with Gasteiger partial charge < -0.3 is 20.5 Å². The third kappa shape index (κ3) is 5.56. The summed E-state index contributed by atoms with van der Waals surface area (Å²) in [5.74, 6) is -0.809. The Hall–Kier alpha value is -2.08. The lowest BCUT2D eigenvalue weighted by Gasteiger charge is -2.22. The van der Waals surface area contributed by atoms with Crippen LogP contribution in [-0.2, 0) is 9.53 Å². The van der Waals surface area contributed by atoms with Gasteiger partial charge in [0.05, 0.1) is 12.2 Å². The molecule has 0 spiro atoms. The van der Waals surface area contributed by atoms with Crippen molar-refractivity contribution in [1.29, 1.82) is 0 Å². The van der Waals surface area contributed by atoms with Crippen LogP contribution in [0.5, 0.6) is 0 Å². The van der Waals surface area contributed by atoms with Gasteiger partial charge >= 0.3 is 5.97 Å². The minimum Gasteiger partial charge on any atom is -0.452 e. The molecular formula is C17H24N2O4. The van der Waals surface area contributed by atoms with Crippen LogP contribution >= 0.6 is 0 Å². The Bertz CT molecular complexity index is 527. The van der Waals surface area contributed by atoms with Crippen molar-refractivity contribution < 1.29 is 19.4 Å². The summed E-state index contributed by atoms with van der Waals surface area (Å²) in [6.07, 6.45) is 5.48. The Labute approximate surface area is 136 Å². The van der Waals surface area contributed by atoms with Gasteiger partial charge in [-0.05, 0) is 25.0 Å². The Morgan fingerprint density at radius 1 is 1.17 bits per heavy atom. The molecule has 0 aromatic heterocycles. The summed E-state index contributed by atoms with van der Waals surface area (Å²) < 4.78 is 5.10. The van der Waals surface area contributed by atoms with Gasteiger partial charge in [0.25, 0.3) is 5.91 Å². The maximum atomic E-state index is 12.1. The minimum absolute atomic E-state index is 0.0345. The van der Waals surface area contributed by atoms with E-state index in [9.17, 15) is 9.59 Å². The van der Waals surface area contributed by atoms with Gasteiger partial charge in [-0.15, -0.1) is 0 Å². The summed E-state index contributed by atoms with van der Waals surface area (Å²) in [4.78, 5) is 24.0. The predicted octanol–water partition coefficient (Wildman–Crippen LogP) is 1.70. The third-order valence-corrected chi connectivity index (χ3v) is 3.88. The molecule has 0 bridgehead atoms. The van der Waals surface area contributed by atoms with Crippen molar-refractivity contribution >= 4 is 17.6 Å². The lowest BCUT2D eigenvalue weighted by Crippen LogP contribution is -2.38. The standard InChI is InChI=1S/C17H24N2O4/c20-11-10-18-15-9-5-4-8-14(15)17(22)23-12-16(21)19-13-6-2-1-3-7-13/h4-5,8-9,13,18,20H,1-3,6-7,10-12H2,(H,19,21). The van der Waals surface area contributed by atoms with Gasteiger partial charge in [0.15, 0.2) is 6.61 Å². The first-order valence-electron chi connectivity index (χ1n) is 8.11. The van der Waals surface area contributed by atoms with Gasteiger partial charge in [0.1, 0.15) is 0 Å². The number of aliphatic hydroxyl groups is 1. The molecule has 1 aromatic carbocycles. The van der Waals surface area contributed by atoms with E-state index in [1.165, 1.54) is 6.42 Å². The lowest BCUT2D eigenvalue weighted by atomic mass is 9.95. The van der Waals surface area contributed by atoms with Crippen molar-refractivity contribution in [2.45, 2.75) is 38.1 Å². The van der Waals surface area contributed by atoms with E-state index in [0.29, 0.717) is 17.8 Å². The van der Waals surface area contributed by atoms with Gasteiger partial charge in [0, 0.05) is 18.3 Å². The van der Waals surface area contributed by atoms with E-state index < -0.39 is 5.97 Å². The van der Waals surface area contributed by atoms with Crippen LogP contribution in [0.25, 0.3) is 0 Å². The number of hydrogen-bond donors (Lipinski definition) is 3. The molecule has 0 saturated heterocycles. The van der Waals surface area contributed by atoms with E-state index in [1.54, 1.807) is 24.3 Å². The highest BCUT2D eigenvalue weighted by Gasteiger charge is 2.18. The first-order chi connectivity index (χ1) is 11.2. The maximum absolute atomic E-state index is 12.1. The Kier molecular flexibility index (Phi) is 6.87. The highest BCUT2D eigenvalue weighted by Crippen LogP contribution is 2.18. The van der Waals surface area contributed by atoms with Crippen LogP contribution in [0.15, 0.2) is 24.3 Å². The van der Waals surface area contributed by atoms with Crippen LogP contribution < -0.4 is 10.6 Å². The molecule has 1 aliphatic carbocycles. The molecule has 1 aliphatic rings. The van der Waals surface area contributed by atoms with E-state index in [-0.39, 0.29) is 25.2 Å². The monoisotopic (exact) mass is 320 g/mol. The van der Waals surface area contributed by atoms with Crippen molar-refractivity contribution in [3.8, 4) is 0 Å². The molecule has 1 aromatic rings. The number of para-hydroxylation sites is 1. The largest absolute Gasteiger partial charge is 0.452 e. The molecule has 1 amide bonds. The van der Waals surface area contributed by atoms with Gasteiger partial charge in [-0.1, -0.05) is 31.4 Å². The highest BCUT2D eigenvalue weighted by atomic mass is 16.5. The molecule has 126 valence electrons. The average molecular weight is 320 g/mol. The van der Waals surface area contributed by atoms with E-state index >= 15 is 0 Å². The van der Waals surface area contributed by atoms with E-state index in [4.69, 9.17) is 9.84 Å². The predicted molar refractivity (Wildman–Crippen MR) is 87.3 cm³/mol. The molecule has 0 unspecified atom stereocenters. The summed E-state index contributed by atoms with van der Waals surface area (Å²) >= 11 is 0. The number of amides is 1. The zero-order valence-corrected chi connectivity index (χ0v) is 13.2. The van der Waals surface area contributed by atoms with Crippen molar-refractivity contribution in [3.05, 3.63) is 29.8 Å².